The molecular formula is C17H22N4S. The summed E-state index contributed by atoms with van der Waals surface area (Å²) in [4.78, 5) is 10.2. The van der Waals surface area contributed by atoms with Crippen LogP contribution in [0.25, 0.3) is 0 Å². The average Bonchev–Trinajstić information content (AvgIpc) is 2.99. The first kappa shape index (κ1) is 15.0. The summed E-state index contributed by atoms with van der Waals surface area (Å²) in [6.45, 7) is 8.57. The van der Waals surface area contributed by atoms with Crippen LogP contribution in [0.2, 0.25) is 0 Å². The Morgan fingerprint density at radius 2 is 2.05 bits per heavy atom. The summed E-state index contributed by atoms with van der Waals surface area (Å²) in [5.74, 6) is 0. The summed E-state index contributed by atoms with van der Waals surface area (Å²) < 4.78 is 0. The average molecular weight is 314 g/mol. The van der Waals surface area contributed by atoms with Gasteiger partial charge in [0.05, 0.1) is 17.8 Å². The minimum Gasteiger partial charge on any atom is -0.362 e. The minimum atomic E-state index is 0.0741. The van der Waals surface area contributed by atoms with Gasteiger partial charge >= 0.3 is 0 Å². The van der Waals surface area contributed by atoms with Crippen LogP contribution < -0.4 is 5.32 Å². The fourth-order valence-corrected chi connectivity index (χ4v) is 3.76. The highest BCUT2D eigenvalue weighted by Gasteiger charge is 2.41. The largest absolute Gasteiger partial charge is 0.362 e. The topological polar surface area (TPSA) is 44.0 Å². The van der Waals surface area contributed by atoms with Crippen LogP contribution in [-0.2, 0) is 0 Å². The molecule has 1 fully saturated rings. The lowest BCUT2D eigenvalue weighted by Crippen LogP contribution is -2.35. The Balaban J connectivity index is 2.09. The second kappa shape index (κ2) is 5.72. The molecule has 22 heavy (non-hydrogen) atoms. The number of H-pyrrole nitrogens is 1. The van der Waals surface area contributed by atoms with Gasteiger partial charge in [-0.25, -0.2) is 0 Å². The molecule has 0 radical (unpaired) electrons. The van der Waals surface area contributed by atoms with Gasteiger partial charge in [-0.1, -0.05) is 6.07 Å². The summed E-state index contributed by atoms with van der Waals surface area (Å²) in [5, 5.41) is 4.27. The molecule has 5 heteroatoms. The summed E-state index contributed by atoms with van der Waals surface area (Å²) in [6, 6.07) is 8.81. The van der Waals surface area contributed by atoms with Crippen LogP contribution >= 0.6 is 12.2 Å². The predicted molar refractivity (Wildman–Crippen MR) is 92.7 cm³/mol. The lowest BCUT2D eigenvalue weighted by atomic mass is 9.96. The molecule has 2 atom stereocenters. The zero-order valence-electron chi connectivity index (χ0n) is 13.4. The number of aromatic nitrogens is 2. The van der Waals surface area contributed by atoms with Gasteiger partial charge in [-0.05, 0) is 63.7 Å². The summed E-state index contributed by atoms with van der Waals surface area (Å²) >= 11 is 5.60. The van der Waals surface area contributed by atoms with Crippen molar-refractivity contribution in [2.75, 3.05) is 0 Å². The summed E-state index contributed by atoms with van der Waals surface area (Å²) in [7, 11) is 0. The van der Waals surface area contributed by atoms with Crippen molar-refractivity contribution < 1.29 is 0 Å². The molecule has 1 saturated heterocycles. The zero-order valence-corrected chi connectivity index (χ0v) is 14.2. The number of aryl methyl sites for hydroxylation is 2. The van der Waals surface area contributed by atoms with Gasteiger partial charge in [0, 0.05) is 23.6 Å². The number of rotatable bonds is 3. The van der Waals surface area contributed by atoms with E-state index in [0.717, 1.165) is 10.8 Å². The minimum absolute atomic E-state index is 0.0741. The molecule has 3 heterocycles. The van der Waals surface area contributed by atoms with E-state index in [1.54, 1.807) is 0 Å². The molecule has 1 aliphatic heterocycles. The Bertz CT molecular complexity index is 677. The van der Waals surface area contributed by atoms with E-state index in [2.05, 4.69) is 60.0 Å². The van der Waals surface area contributed by atoms with Crippen LogP contribution in [0.3, 0.4) is 0 Å². The molecule has 3 rings (SSSR count). The van der Waals surface area contributed by atoms with Gasteiger partial charge in [-0.3, -0.25) is 4.98 Å². The highest BCUT2D eigenvalue weighted by molar-refractivity contribution is 7.80. The molecule has 0 aliphatic carbocycles. The number of aromatic amines is 1. The SMILES string of the molecule is Cc1cc([C@@H]2[C@@H](c3ccccn3)NC(=S)N2C(C)C)c(C)[nH]1. The first-order chi connectivity index (χ1) is 10.5. The number of hydrogen-bond donors (Lipinski definition) is 2. The van der Waals surface area contributed by atoms with E-state index in [4.69, 9.17) is 12.2 Å². The second-order valence-electron chi connectivity index (χ2n) is 6.16. The van der Waals surface area contributed by atoms with Crippen LogP contribution in [0.5, 0.6) is 0 Å². The summed E-state index contributed by atoms with van der Waals surface area (Å²) in [5.41, 5.74) is 4.68. The Morgan fingerprint density at radius 3 is 2.59 bits per heavy atom. The molecule has 2 aromatic heterocycles. The van der Waals surface area contributed by atoms with Crippen LogP contribution in [0.4, 0.5) is 0 Å². The quantitative estimate of drug-likeness (QED) is 0.852. The zero-order chi connectivity index (χ0) is 15.9. The predicted octanol–water partition coefficient (Wildman–Crippen LogP) is 3.41. The molecule has 116 valence electrons. The van der Waals surface area contributed by atoms with Crippen LogP contribution in [0.15, 0.2) is 30.5 Å². The lowest BCUT2D eigenvalue weighted by Gasteiger charge is -2.31. The van der Waals surface area contributed by atoms with Crippen molar-refractivity contribution in [1.29, 1.82) is 0 Å². The third-order valence-corrected chi connectivity index (χ3v) is 4.53. The third-order valence-electron chi connectivity index (χ3n) is 4.20. The van der Waals surface area contributed by atoms with Crippen molar-refractivity contribution in [3.05, 3.63) is 53.1 Å². The van der Waals surface area contributed by atoms with Gasteiger partial charge in [-0.15, -0.1) is 0 Å². The molecule has 0 saturated carbocycles. The standard InChI is InChI=1S/C17H22N4S/c1-10(2)21-16(13-9-11(3)19-12(13)4)15(20-17(21)22)14-7-5-6-8-18-14/h5-10,15-16,19H,1-4H3,(H,20,22)/t15-,16-/m1/s1. The van der Waals surface area contributed by atoms with Crippen molar-refractivity contribution in [1.82, 2.24) is 20.2 Å². The Hall–Kier alpha value is -1.88. The van der Waals surface area contributed by atoms with Gasteiger partial charge in [0.2, 0.25) is 0 Å². The highest BCUT2D eigenvalue weighted by atomic mass is 32.1. The van der Waals surface area contributed by atoms with E-state index in [0.29, 0.717) is 6.04 Å². The van der Waals surface area contributed by atoms with Crippen molar-refractivity contribution in [3.8, 4) is 0 Å². The van der Waals surface area contributed by atoms with E-state index < -0.39 is 0 Å². The van der Waals surface area contributed by atoms with E-state index >= 15 is 0 Å². The smallest absolute Gasteiger partial charge is 0.170 e. The number of thiocarbonyl (C=S) groups is 1. The number of nitrogens with zero attached hydrogens (tertiary/aromatic N) is 2. The lowest BCUT2D eigenvalue weighted by molar-refractivity contribution is 0.269. The first-order valence-electron chi connectivity index (χ1n) is 7.65. The van der Waals surface area contributed by atoms with Gasteiger partial charge < -0.3 is 15.2 Å². The highest BCUT2D eigenvalue weighted by Crippen LogP contribution is 2.41. The maximum absolute atomic E-state index is 5.60. The van der Waals surface area contributed by atoms with E-state index in [1.165, 1.54) is 17.0 Å². The normalized spacial score (nSPS) is 21.5. The second-order valence-corrected chi connectivity index (χ2v) is 6.55. The van der Waals surface area contributed by atoms with Gasteiger partial charge in [0.15, 0.2) is 5.11 Å². The van der Waals surface area contributed by atoms with E-state index in [1.807, 2.05) is 18.3 Å². The molecule has 0 spiro atoms. The fraction of sp³-hybridized carbons (Fsp3) is 0.412. The number of pyridine rings is 1. The van der Waals surface area contributed by atoms with Crippen molar-refractivity contribution >= 4 is 17.3 Å². The fourth-order valence-electron chi connectivity index (χ4n) is 3.31. The number of nitrogens with one attached hydrogen (secondary N) is 2. The third kappa shape index (κ3) is 2.50. The van der Waals surface area contributed by atoms with Gasteiger partial charge in [-0.2, -0.15) is 0 Å². The maximum Gasteiger partial charge on any atom is 0.170 e. The monoisotopic (exact) mass is 314 g/mol. The molecule has 0 unspecified atom stereocenters. The van der Waals surface area contributed by atoms with Gasteiger partial charge in [0.1, 0.15) is 0 Å². The number of hydrogen-bond acceptors (Lipinski definition) is 2. The maximum atomic E-state index is 5.60. The molecule has 4 nitrogen and oxygen atoms in total. The molecule has 0 amide bonds. The Labute approximate surface area is 136 Å². The van der Waals surface area contributed by atoms with Crippen LogP contribution in [0, 0.1) is 13.8 Å². The van der Waals surface area contributed by atoms with Crippen molar-refractivity contribution in [3.63, 3.8) is 0 Å². The van der Waals surface area contributed by atoms with Gasteiger partial charge in [0.25, 0.3) is 0 Å². The van der Waals surface area contributed by atoms with E-state index in [-0.39, 0.29) is 12.1 Å². The van der Waals surface area contributed by atoms with Crippen molar-refractivity contribution in [2.24, 2.45) is 0 Å². The first-order valence-corrected chi connectivity index (χ1v) is 8.05. The Morgan fingerprint density at radius 1 is 1.27 bits per heavy atom. The Kier molecular flexibility index (Phi) is 3.91. The molecule has 1 aliphatic rings. The van der Waals surface area contributed by atoms with E-state index in [9.17, 15) is 0 Å². The molecule has 0 bridgehead atoms. The molecular weight excluding hydrogens is 292 g/mol. The van der Waals surface area contributed by atoms with Crippen LogP contribution in [-0.4, -0.2) is 26.0 Å². The molecule has 2 N–H and O–H groups in total. The molecule has 2 aromatic rings. The summed E-state index contributed by atoms with van der Waals surface area (Å²) in [6.07, 6.45) is 1.84. The van der Waals surface area contributed by atoms with Crippen molar-refractivity contribution in [2.45, 2.75) is 45.8 Å². The van der Waals surface area contributed by atoms with Crippen LogP contribution in [0.1, 0.15) is 48.6 Å². The molecule has 0 aromatic carbocycles.